The highest BCUT2D eigenvalue weighted by Crippen LogP contribution is 2.17. The SMILES string of the molecule is CCCCC/C=C\C/C=C\CCCCCCCCCCCC(=O)OC(COC(=O)CCCCCCCCCCCCCCC)COC(=O)CCCCCCCCCCCCCC/C=C\C/C=C\C/C=C\CCCCCCC. The first-order valence-corrected chi connectivity index (χ1v) is 33.8. The van der Waals surface area contributed by atoms with Gasteiger partial charge in [-0.2, -0.15) is 0 Å². The minimum Gasteiger partial charge on any atom is -0.462 e. The van der Waals surface area contributed by atoms with Crippen molar-refractivity contribution < 1.29 is 28.6 Å². The van der Waals surface area contributed by atoms with Crippen LogP contribution in [-0.4, -0.2) is 37.2 Å². The second-order valence-corrected chi connectivity index (χ2v) is 22.7. The van der Waals surface area contributed by atoms with Crippen LogP contribution in [0.5, 0.6) is 0 Å². The molecule has 0 N–H and O–H groups in total. The first-order chi connectivity index (χ1) is 38.0. The van der Waals surface area contributed by atoms with E-state index in [1.165, 1.54) is 238 Å². The minimum atomic E-state index is -0.776. The summed E-state index contributed by atoms with van der Waals surface area (Å²) in [4.78, 5) is 38.4. The lowest BCUT2D eigenvalue weighted by atomic mass is 10.0. The molecule has 6 heteroatoms. The Hall–Kier alpha value is -2.89. The van der Waals surface area contributed by atoms with Gasteiger partial charge in [-0.15, -0.1) is 0 Å². The summed E-state index contributed by atoms with van der Waals surface area (Å²) in [6.45, 7) is 6.65. The Labute approximate surface area is 479 Å². The number of rotatable bonds is 62. The van der Waals surface area contributed by atoms with Gasteiger partial charge >= 0.3 is 17.9 Å². The molecule has 0 rings (SSSR count). The highest BCUT2D eigenvalue weighted by atomic mass is 16.6. The monoisotopic (exact) mass is 1080 g/mol. The second kappa shape index (κ2) is 65.6. The van der Waals surface area contributed by atoms with Crippen LogP contribution in [0.25, 0.3) is 0 Å². The Kier molecular flexibility index (Phi) is 63.2. The Morgan fingerprint density at radius 1 is 0.260 bits per heavy atom. The molecule has 0 amide bonds. The van der Waals surface area contributed by atoms with Gasteiger partial charge in [0.15, 0.2) is 6.10 Å². The van der Waals surface area contributed by atoms with Crippen LogP contribution in [-0.2, 0) is 28.6 Å². The maximum Gasteiger partial charge on any atom is 0.306 e. The molecule has 0 aromatic rings. The van der Waals surface area contributed by atoms with Crippen molar-refractivity contribution in [3.8, 4) is 0 Å². The number of allylic oxidation sites excluding steroid dienone is 10. The maximum atomic E-state index is 12.9. The molecule has 0 saturated carbocycles. The summed E-state index contributed by atoms with van der Waals surface area (Å²) in [6.07, 6.45) is 83.7. The van der Waals surface area contributed by atoms with Gasteiger partial charge in [0.05, 0.1) is 0 Å². The Bertz CT molecular complexity index is 1380. The number of carbonyl (C=O) groups excluding carboxylic acids is 3. The van der Waals surface area contributed by atoms with Gasteiger partial charge in [0.2, 0.25) is 0 Å². The van der Waals surface area contributed by atoms with Crippen molar-refractivity contribution in [3.63, 3.8) is 0 Å². The average Bonchev–Trinajstić information content (AvgIpc) is 3.43. The number of ether oxygens (including phenoxy) is 3. The molecule has 0 saturated heterocycles. The van der Waals surface area contributed by atoms with Crippen LogP contribution in [0.3, 0.4) is 0 Å². The van der Waals surface area contributed by atoms with Gasteiger partial charge in [-0.25, -0.2) is 0 Å². The quantitative estimate of drug-likeness (QED) is 0.0261. The van der Waals surface area contributed by atoms with Gasteiger partial charge in [0.25, 0.3) is 0 Å². The molecule has 0 heterocycles. The molecule has 448 valence electrons. The first-order valence-electron chi connectivity index (χ1n) is 33.8. The van der Waals surface area contributed by atoms with Gasteiger partial charge in [-0.1, -0.05) is 306 Å². The van der Waals surface area contributed by atoms with Gasteiger partial charge in [-0.05, 0) is 89.9 Å². The number of hydrogen-bond donors (Lipinski definition) is 0. The largest absolute Gasteiger partial charge is 0.462 e. The van der Waals surface area contributed by atoms with E-state index in [-0.39, 0.29) is 31.1 Å². The number of esters is 3. The standard InChI is InChI=1S/C71H128O6/c1-4-7-10-13-16-19-22-25-27-29-31-32-33-34-35-36-37-38-40-41-43-46-49-52-55-58-61-64-70(73)76-67-68(66-75-69(72)63-60-57-54-51-48-45-24-21-18-15-12-9-6-3)77-71(74)65-62-59-56-53-50-47-44-42-39-30-28-26-23-20-17-14-11-8-5-2/h17,20,22,25-26,28-29,31,33-34,68H,4-16,18-19,21,23-24,27,30,32,35-67H2,1-3H3/b20-17-,25-22-,28-26-,31-29-,34-33-. The van der Waals surface area contributed by atoms with Crippen molar-refractivity contribution in [2.75, 3.05) is 13.2 Å². The lowest BCUT2D eigenvalue weighted by Gasteiger charge is -2.18. The van der Waals surface area contributed by atoms with E-state index in [1.807, 2.05) is 0 Å². The van der Waals surface area contributed by atoms with Crippen LogP contribution in [0.15, 0.2) is 60.8 Å². The van der Waals surface area contributed by atoms with Gasteiger partial charge in [0, 0.05) is 19.3 Å². The molecule has 6 nitrogen and oxygen atoms in total. The van der Waals surface area contributed by atoms with Gasteiger partial charge in [0.1, 0.15) is 13.2 Å². The molecule has 1 atom stereocenters. The summed E-state index contributed by atoms with van der Waals surface area (Å²) >= 11 is 0. The van der Waals surface area contributed by atoms with E-state index < -0.39 is 6.10 Å². The molecular formula is C71H128O6. The molecule has 0 spiro atoms. The highest BCUT2D eigenvalue weighted by molar-refractivity contribution is 5.71. The second-order valence-electron chi connectivity index (χ2n) is 22.7. The molecule has 0 aliphatic rings. The van der Waals surface area contributed by atoms with Crippen LogP contribution in [0, 0.1) is 0 Å². The molecular weight excluding hydrogens is 949 g/mol. The lowest BCUT2D eigenvalue weighted by molar-refractivity contribution is -0.167. The average molecular weight is 1080 g/mol. The third kappa shape index (κ3) is 63.8. The van der Waals surface area contributed by atoms with Crippen LogP contribution < -0.4 is 0 Å². The predicted octanol–water partition coefficient (Wildman–Crippen LogP) is 23.1. The van der Waals surface area contributed by atoms with Crippen molar-refractivity contribution in [3.05, 3.63) is 60.8 Å². The Balaban J connectivity index is 4.26. The molecule has 0 radical (unpaired) electrons. The smallest absolute Gasteiger partial charge is 0.306 e. The normalized spacial score (nSPS) is 12.4. The summed E-state index contributed by atoms with van der Waals surface area (Å²) in [6, 6.07) is 0. The summed E-state index contributed by atoms with van der Waals surface area (Å²) in [5.41, 5.74) is 0. The molecule has 77 heavy (non-hydrogen) atoms. The van der Waals surface area contributed by atoms with E-state index >= 15 is 0 Å². The van der Waals surface area contributed by atoms with Crippen molar-refractivity contribution in [2.24, 2.45) is 0 Å². The van der Waals surface area contributed by atoms with E-state index in [0.29, 0.717) is 19.3 Å². The van der Waals surface area contributed by atoms with Crippen LogP contribution >= 0.6 is 0 Å². The van der Waals surface area contributed by atoms with E-state index in [2.05, 4.69) is 81.5 Å². The summed E-state index contributed by atoms with van der Waals surface area (Å²) in [7, 11) is 0. The zero-order valence-electron chi connectivity index (χ0n) is 51.5. The predicted molar refractivity (Wildman–Crippen MR) is 335 cm³/mol. The van der Waals surface area contributed by atoms with Gasteiger partial charge in [-0.3, -0.25) is 14.4 Å². The molecule has 0 aliphatic carbocycles. The number of carbonyl (C=O) groups is 3. The van der Waals surface area contributed by atoms with E-state index in [4.69, 9.17) is 14.2 Å². The van der Waals surface area contributed by atoms with Crippen LogP contribution in [0.1, 0.15) is 355 Å². The number of hydrogen-bond acceptors (Lipinski definition) is 6. The fraction of sp³-hybridized carbons (Fsp3) is 0.817. The maximum absolute atomic E-state index is 12.9. The molecule has 1 unspecified atom stereocenters. The molecule has 0 fully saturated rings. The summed E-state index contributed by atoms with van der Waals surface area (Å²) in [5, 5.41) is 0. The topological polar surface area (TPSA) is 78.9 Å². The molecule has 0 aromatic heterocycles. The van der Waals surface area contributed by atoms with Crippen molar-refractivity contribution in [1.82, 2.24) is 0 Å². The van der Waals surface area contributed by atoms with E-state index in [9.17, 15) is 14.4 Å². The van der Waals surface area contributed by atoms with E-state index in [1.54, 1.807) is 0 Å². The molecule has 0 aliphatic heterocycles. The Morgan fingerprint density at radius 2 is 0.468 bits per heavy atom. The summed E-state index contributed by atoms with van der Waals surface area (Å²) in [5.74, 6) is -0.858. The van der Waals surface area contributed by atoms with Crippen molar-refractivity contribution in [1.29, 1.82) is 0 Å². The van der Waals surface area contributed by atoms with Crippen molar-refractivity contribution >= 4 is 17.9 Å². The third-order valence-corrected chi connectivity index (χ3v) is 15.0. The highest BCUT2D eigenvalue weighted by Gasteiger charge is 2.19. The zero-order chi connectivity index (χ0) is 55.7. The third-order valence-electron chi connectivity index (χ3n) is 15.0. The van der Waals surface area contributed by atoms with Gasteiger partial charge < -0.3 is 14.2 Å². The fourth-order valence-corrected chi connectivity index (χ4v) is 9.89. The Morgan fingerprint density at radius 3 is 0.753 bits per heavy atom. The minimum absolute atomic E-state index is 0.0724. The van der Waals surface area contributed by atoms with Crippen LogP contribution in [0.4, 0.5) is 0 Å². The fourth-order valence-electron chi connectivity index (χ4n) is 9.89. The molecule has 0 aromatic carbocycles. The number of unbranched alkanes of at least 4 members (excludes halogenated alkanes) is 41. The zero-order valence-corrected chi connectivity index (χ0v) is 51.5. The van der Waals surface area contributed by atoms with Crippen LogP contribution in [0.2, 0.25) is 0 Å². The molecule has 0 bridgehead atoms. The lowest BCUT2D eigenvalue weighted by Crippen LogP contribution is -2.30. The van der Waals surface area contributed by atoms with E-state index in [0.717, 1.165) is 77.0 Å². The first kappa shape index (κ1) is 74.1. The van der Waals surface area contributed by atoms with Crippen molar-refractivity contribution in [2.45, 2.75) is 361 Å². The summed E-state index contributed by atoms with van der Waals surface area (Å²) < 4.78 is 17.0.